The first-order chi connectivity index (χ1) is 10.2. The zero-order chi connectivity index (χ0) is 14.7. The van der Waals surface area contributed by atoms with E-state index in [-0.39, 0.29) is 0 Å². The Morgan fingerprint density at radius 1 is 1.00 bits per heavy atom. The highest BCUT2D eigenvalue weighted by atomic mass is 35.5. The Labute approximate surface area is 136 Å². The van der Waals surface area contributed by atoms with Crippen LogP contribution >= 0.6 is 34.5 Å². The molecule has 1 aromatic heterocycles. The molecule has 0 spiro atoms. The molecule has 0 unspecified atom stereocenters. The van der Waals surface area contributed by atoms with Gasteiger partial charge in [-0.2, -0.15) is 0 Å². The number of nitrogens with zero attached hydrogens (tertiary/aromatic N) is 2. The maximum Gasteiger partial charge on any atom is 0.211 e. The van der Waals surface area contributed by atoms with E-state index in [9.17, 15) is 0 Å². The smallest absolute Gasteiger partial charge is 0.211 e. The average Bonchev–Trinajstić information content (AvgIpc) is 2.97. The third-order valence-corrected chi connectivity index (χ3v) is 4.13. The molecule has 0 aliphatic heterocycles. The van der Waals surface area contributed by atoms with Gasteiger partial charge in [-0.1, -0.05) is 65.7 Å². The summed E-state index contributed by atoms with van der Waals surface area (Å²) in [6.45, 7) is 0. The van der Waals surface area contributed by atoms with Crippen molar-refractivity contribution in [2.45, 2.75) is 0 Å². The SMILES string of the molecule is ClC(=Nc1nc(-c2ccc(Cl)cc2)cs1)c1ccccc1. The quantitative estimate of drug-likeness (QED) is 0.558. The van der Waals surface area contributed by atoms with Gasteiger partial charge in [-0.25, -0.2) is 9.98 Å². The van der Waals surface area contributed by atoms with Gasteiger partial charge in [0.05, 0.1) is 5.69 Å². The summed E-state index contributed by atoms with van der Waals surface area (Å²) < 4.78 is 0. The first-order valence-electron chi connectivity index (χ1n) is 6.23. The van der Waals surface area contributed by atoms with Crippen molar-refractivity contribution in [1.29, 1.82) is 0 Å². The summed E-state index contributed by atoms with van der Waals surface area (Å²) in [5, 5.41) is 3.73. The monoisotopic (exact) mass is 332 g/mol. The van der Waals surface area contributed by atoms with Crippen molar-refractivity contribution in [3.63, 3.8) is 0 Å². The minimum Gasteiger partial charge on any atom is -0.218 e. The molecule has 0 radical (unpaired) electrons. The van der Waals surface area contributed by atoms with Crippen molar-refractivity contribution in [2.24, 2.45) is 4.99 Å². The van der Waals surface area contributed by atoms with Crippen LogP contribution in [0.2, 0.25) is 5.02 Å². The molecule has 3 aromatic rings. The van der Waals surface area contributed by atoms with E-state index in [1.165, 1.54) is 11.3 Å². The van der Waals surface area contributed by atoms with Crippen LogP contribution in [0.4, 0.5) is 5.13 Å². The summed E-state index contributed by atoms with van der Waals surface area (Å²) in [6.07, 6.45) is 0. The van der Waals surface area contributed by atoms with Gasteiger partial charge in [0.25, 0.3) is 0 Å². The van der Waals surface area contributed by atoms with Gasteiger partial charge in [-0.15, -0.1) is 11.3 Å². The normalized spacial score (nSPS) is 11.6. The number of aromatic nitrogens is 1. The molecule has 0 aliphatic carbocycles. The number of hydrogen-bond acceptors (Lipinski definition) is 3. The van der Waals surface area contributed by atoms with Gasteiger partial charge in [0.1, 0.15) is 5.17 Å². The Kier molecular flexibility index (Phi) is 4.34. The van der Waals surface area contributed by atoms with Crippen molar-refractivity contribution < 1.29 is 0 Å². The van der Waals surface area contributed by atoms with Crippen molar-refractivity contribution in [3.05, 3.63) is 70.6 Å². The van der Waals surface area contributed by atoms with Crippen LogP contribution in [-0.4, -0.2) is 10.2 Å². The number of hydrogen-bond donors (Lipinski definition) is 0. The van der Waals surface area contributed by atoms with Gasteiger partial charge < -0.3 is 0 Å². The fourth-order valence-corrected chi connectivity index (χ4v) is 2.88. The molecule has 1 heterocycles. The molecule has 0 saturated carbocycles. The van der Waals surface area contributed by atoms with E-state index in [2.05, 4.69) is 9.98 Å². The van der Waals surface area contributed by atoms with Crippen molar-refractivity contribution >= 4 is 44.8 Å². The predicted molar refractivity (Wildman–Crippen MR) is 91.1 cm³/mol. The number of halogens is 2. The van der Waals surface area contributed by atoms with Crippen LogP contribution in [0.1, 0.15) is 5.56 Å². The predicted octanol–water partition coefficient (Wildman–Crippen LogP) is 5.78. The molecule has 104 valence electrons. The second kappa shape index (κ2) is 6.39. The van der Waals surface area contributed by atoms with E-state index in [1.54, 1.807) is 0 Å². The van der Waals surface area contributed by atoms with Gasteiger partial charge >= 0.3 is 0 Å². The first-order valence-corrected chi connectivity index (χ1v) is 7.87. The summed E-state index contributed by atoms with van der Waals surface area (Å²) in [5.74, 6) is 0. The van der Waals surface area contributed by atoms with Gasteiger partial charge in [-0.3, -0.25) is 0 Å². The van der Waals surface area contributed by atoms with Crippen LogP contribution in [0.25, 0.3) is 11.3 Å². The number of aliphatic imine (C=N–C) groups is 1. The second-order valence-electron chi connectivity index (χ2n) is 4.29. The minimum absolute atomic E-state index is 0.438. The molecule has 3 rings (SSSR count). The Morgan fingerprint density at radius 2 is 1.71 bits per heavy atom. The van der Waals surface area contributed by atoms with Crippen molar-refractivity contribution in [2.75, 3.05) is 0 Å². The summed E-state index contributed by atoms with van der Waals surface area (Å²) in [6, 6.07) is 17.2. The molecule has 0 bridgehead atoms. The zero-order valence-electron chi connectivity index (χ0n) is 10.8. The van der Waals surface area contributed by atoms with E-state index >= 15 is 0 Å². The van der Waals surface area contributed by atoms with E-state index in [4.69, 9.17) is 23.2 Å². The topological polar surface area (TPSA) is 25.2 Å². The standard InChI is InChI=1S/C16H10Cl2N2S/c17-13-8-6-11(7-9-13)14-10-21-16(19-14)20-15(18)12-4-2-1-3-5-12/h1-10H. The third-order valence-electron chi connectivity index (χ3n) is 2.84. The highest BCUT2D eigenvalue weighted by Gasteiger charge is 2.05. The molecular weight excluding hydrogens is 323 g/mol. The van der Waals surface area contributed by atoms with Gasteiger partial charge in [-0.05, 0) is 12.1 Å². The molecule has 0 amide bonds. The van der Waals surface area contributed by atoms with E-state index in [1.807, 2.05) is 60.0 Å². The molecule has 2 aromatic carbocycles. The second-order valence-corrected chi connectivity index (χ2v) is 5.92. The lowest BCUT2D eigenvalue weighted by Gasteiger charge is -1.97. The van der Waals surface area contributed by atoms with E-state index in [0.29, 0.717) is 15.3 Å². The Balaban J connectivity index is 1.87. The maximum atomic E-state index is 6.22. The summed E-state index contributed by atoms with van der Waals surface area (Å²) in [4.78, 5) is 8.84. The Hall–Kier alpha value is -1.68. The maximum absolute atomic E-state index is 6.22. The van der Waals surface area contributed by atoms with Gasteiger partial charge in [0.15, 0.2) is 0 Å². The Bertz CT molecular complexity index is 764. The summed E-state index contributed by atoms with van der Waals surface area (Å²) in [5.41, 5.74) is 2.75. The lowest BCUT2D eigenvalue weighted by molar-refractivity contribution is 1.35. The molecule has 0 atom stereocenters. The molecular formula is C16H10Cl2N2S. The Morgan fingerprint density at radius 3 is 2.43 bits per heavy atom. The highest BCUT2D eigenvalue weighted by molar-refractivity contribution is 7.13. The summed E-state index contributed by atoms with van der Waals surface area (Å²) >= 11 is 13.6. The van der Waals surface area contributed by atoms with Crippen LogP contribution in [0.5, 0.6) is 0 Å². The number of rotatable bonds is 3. The molecule has 0 aliphatic rings. The molecule has 0 fully saturated rings. The van der Waals surface area contributed by atoms with E-state index < -0.39 is 0 Å². The van der Waals surface area contributed by atoms with Crippen LogP contribution in [0.15, 0.2) is 65.0 Å². The minimum atomic E-state index is 0.438. The zero-order valence-corrected chi connectivity index (χ0v) is 13.2. The lowest BCUT2D eigenvalue weighted by Crippen LogP contribution is -1.88. The van der Waals surface area contributed by atoms with Crippen LogP contribution in [-0.2, 0) is 0 Å². The average molecular weight is 333 g/mol. The van der Waals surface area contributed by atoms with Crippen LogP contribution < -0.4 is 0 Å². The lowest BCUT2D eigenvalue weighted by atomic mass is 10.2. The fraction of sp³-hybridized carbons (Fsp3) is 0. The largest absolute Gasteiger partial charge is 0.218 e. The van der Waals surface area contributed by atoms with Crippen LogP contribution in [0, 0.1) is 0 Å². The van der Waals surface area contributed by atoms with Crippen molar-refractivity contribution in [3.8, 4) is 11.3 Å². The number of thiazole rings is 1. The fourth-order valence-electron chi connectivity index (χ4n) is 1.79. The third kappa shape index (κ3) is 3.50. The van der Waals surface area contributed by atoms with Crippen molar-refractivity contribution in [1.82, 2.24) is 4.98 Å². The molecule has 21 heavy (non-hydrogen) atoms. The number of benzene rings is 2. The van der Waals surface area contributed by atoms with Crippen LogP contribution in [0.3, 0.4) is 0 Å². The highest BCUT2D eigenvalue weighted by Crippen LogP contribution is 2.28. The molecule has 2 nitrogen and oxygen atoms in total. The first kappa shape index (κ1) is 14.3. The summed E-state index contributed by atoms with van der Waals surface area (Å²) in [7, 11) is 0. The van der Waals surface area contributed by atoms with E-state index in [0.717, 1.165) is 16.8 Å². The molecule has 0 N–H and O–H groups in total. The molecule has 5 heteroatoms. The molecule has 0 saturated heterocycles. The van der Waals surface area contributed by atoms with Gasteiger partial charge in [0, 0.05) is 21.5 Å². The van der Waals surface area contributed by atoms with Gasteiger partial charge in [0.2, 0.25) is 5.13 Å².